The number of benzene rings is 2. The Balaban J connectivity index is 1.24. The van der Waals surface area contributed by atoms with E-state index in [1.54, 1.807) is 35.2 Å². The summed E-state index contributed by atoms with van der Waals surface area (Å²) in [4.78, 5) is 16.5. The molecule has 184 valence electrons. The number of sulfonamides is 1. The van der Waals surface area contributed by atoms with Crippen LogP contribution in [-0.2, 0) is 10.0 Å². The molecular formula is C23H26Cl3N3O4S. The quantitative estimate of drug-likeness (QED) is 0.568. The molecule has 0 aromatic heterocycles. The van der Waals surface area contributed by atoms with E-state index >= 15 is 0 Å². The Hall–Kier alpha value is -1.71. The van der Waals surface area contributed by atoms with Crippen LogP contribution in [0.5, 0.6) is 5.75 Å². The van der Waals surface area contributed by atoms with Gasteiger partial charge in [-0.1, -0.05) is 46.9 Å². The number of carbonyl (C=O) groups excluding carboxylic acids is 1. The molecule has 2 amide bonds. The molecular weight excluding hydrogens is 521 g/mol. The first kappa shape index (κ1) is 25.4. The van der Waals surface area contributed by atoms with Crippen molar-refractivity contribution < 1.29 is 17.9 Å². The molecule has 2 heterocycles. The number of amides is 2. The van der Waals surface area contributed by atoms with Gasteiger partial charge in [-0.25, -0.2) is 17.9 Å². The molecule has 4 rings (SSSR count). The first-order valence-corrected chi connectivity index (χ1v) is 13.8. The van der Waals surface area contributed by atoms with E-state index in [9.17, 15) is 13.2 Å². The zero-order valence-electron chi connectivity index (χ0n) is 18.4. The summed E-state index contributed by atoms with van der Waals surface area (Å²) < 4.78 is 33.3. The number of nitrogens with zero attached hydrogens (tertiary/aromatic N) is 2. The fraction of sp³-hybridized carbons (Fsp3) is 0.435. The number of carbonyl (C=O) groups is 1. The third-order valence-electron chi connectivity index (χ3n) is 6.28. The van der Waals surface area contributed by atoms with Crippen LogP contribution in [0.1, 0.15) is 25.7 Å². The van der Waals surface area contributed by atoms with E-state index in [1.807, 2.05) is 0 Å². The average molecular weight is 547 g/mol. The van der Waals surface area contributed by atoms with E-state index in [-0.39, 0.29) is 16.0 Å². The fourth-order valence-corrected chi connectivity index (χ4v) is 6.39. The maximum atomic E-state index is 12.6. The van der Waals surface area contributed by atoms with Crippen molar-refractivity contribution in [1.82, 2.24) is 14.5 Å². The third kappa shape index (κ3) is 6.10. The summed E-state index contributed by atoms with van der Waals surface area (Å²) >= 11 is 18.2. The molecule has 2 fully saturated rings. The SMILES string of the molecule is O=C(NS(=O)(=O)c1ccccc1Cl)N1CCC(N2CCC(Oc3ccc(Cl)cc3Cl)CC2)CC1. The molecule has 1 N–H and O–H groups in total. The number of ether oxygens (including phenoxy) is 1. The molecule has 0 bridgehead atoms. The van der Waals surface area contributed by atoms with Crippen molar-refractivity contribution >= 4 is 50.9 Å². The molecule has 0 saturated carbocycles. The summed E-state index contributed by atoms with van der Waals surface area (Å²) in [5.74, 6) is 0.649. The van der Waals surface area contributed by atoms with Crippen LogP contribution in [0.25, 0.3) is 0 Å². The molecule has 0 aliphatic carbocycles. The fourth-order valence-electron chi connectivity index (χ4n) is 4.44. The second-order valence-corrected chi connectivity index (χ2v) is 11.4. The van der Waals surface area contributed by atoms with Crippen molar-refractivity contribution in [3.8, 4) is 5.75 Å². The van der Waals surface area contributed by atoms with Gasteiger partial charge in [-0.15, -0.1) is 0 Å². The van der Waals surface area contributed by atoms with Crippen LogP contribution in [0.3, 0.4) is 0 Å². The zero-order chi connectivity index (χ0) is 24.3. The summed E-state index contributed by atoms with van der Waals surface area (Å²) in [5, 5.41) is 1.16. The smallest absolute Gasteiger partial charge is 0.331 e. The lowest BCUT2D eigenvalue weighted by atomic mass is 9.99. The number of urea groups is 1. The number of piperidine rings is 2. The molecule has 0 atom stereocenters. The van der Waals surface area contributed by atoms with Gasteiger partial charge in [0.25, 0.3) is 10.0 Å². The van der Waals surface area contributed by atoms with Gasteiger partial charge in [-0.05, 0) is 56.0 Å². The Morgan fingerprint density at radius 3 is 2.24 bits per heavy atom. The molecule has 0 spiro atoms. The highest BCUT2D eigenvalue weighted by molar-refractivity contribution is 7.90. The van der Waals surface area contributed by atoms with E-state index < -0.39 is 16.1 Å². The van der Waals surface area contributed by atoms with Crippen LogP contribution in [0.2, 0.25) is 15.1 Å². The zero-order valence-corrected chi connectivity index (χ0v) is 21.5. The van der Waals surface area contributed by atoms with Gasteiger partial charge in [-0.2, -0.15) is 0 Å². The number of hydrogen-bond donors (Lipinski definition) is 1. The number of nitrogens with one attached hydrogen (secondary N) is 1. The van der Waals surface area contributed by atoms with E-state index in [4.69, 9.17) is 39.5 Å². The molecule has 2 aliphatic rings. The Kier molecular flexibility index (Phi) is 8.15. The highest BCUT2D eigenvalue weighted by Crippen LogP contribution is 2.31. The predicted molar refractivity (Wildman–Crippen MR) is 133 cm³/mol. The first-order valence-electron chi connectivity index (χ1n) is 11.1. The highest BCUT2D eigenvalue weighted by Gasteiger charge is 2.32. The third-order valence-corrected chi connectivity index (χ3v) is 8.63. The number of halogens is 3. The van der Waals surface area contributed by atoms with Crippen LogP contribution in [-0.4, -0.2) is 62.6 Å². The average Bonchev–Trinajstić information content (AvgIpc) is 2.81. The maximum absolute atomic E-state index is 12.6. The Morgan fingerprint density at radius 1 is 0.912 bits per heavy atom. The van der Waals surface area contributed by atoms with E-state index in [0.717, 1.165) is 38.8 Å². The standard InChI is InChI=1S/C23H26Cl3N3O4S/c24-16-5-6-21(20(26)15-16)33-18-9-13-28(14-10-18)17-7-11-29(12-8-17)23(30)27-34(31,32)22-4-2-1-3-19(22)25/h1-6,15,17-18H,7-14H2,(H,27,30). The van der Waals surface area contributed by atoms with Crippen molar-refractivity contribution in [1.29, 1.82) is 0 Å². The lowest BCUT2D eigenvalue weighted by Gasteiger charge is -2.41. The maximum Gasteiger partial charge on any atom is 0.331 e. The van der Waals surface area contributed by atoms with Crippen molar-refractivity contribution in [3.05, 3.63) is 57.5 Å². The van der Waals surface area contributed by atoms with Gasteiger partial charge in [-0.3, -0.25) is 4.90 Å². The Labute approximate surface area is 215 Å². The number of rotatable bonds is 5. The summed E-state index contributed by atoms with van der Waals surface area (Å²) in [5.41, 5.74) is 0. The molecule has 2 aromatic carbocycles. The van der Waals surface area contributed by atoms with Gasteiger partial charge in [0.05, 0.1) is 10.0 Å². The van der Waals surface area contributed by atoms with Crippen LogP contribution >= 0.6 is 34.8 Å². The number of hydrogen-bond acceptors (Lipinski definition) is 5. The van der Waals surface area contributed by atoms with Crippen molar-refractivity contribution in [2.45, 2.75) is 42.7 Å². The van der Waals surface area contributed by atoms with Crippen LogP contribution in [0.15, 0.2) is 47.4 Å². The normalized spacial score (nSPS) is 18.6. The van der Waals surface area contributed by atoms with Crippen molar-refractivity contribution in [2.24, 2.45) is 0 Å². The molecule has 7 nitrogen and oxygen atoms in total. The van der Waals surface area contributed by atoms with Crippen LogP contribution in [0, 0.1) is 0 Å². The summed E-state index contributed by atoms with van der Waals surface area (Å²) in [6.45, 7) is 2.78. The molecule has 2 saturated heterocycles. The Morgan fingerprint density at radius 2 is 1.59 bits per heavy atom. The molecule has 2 aliphatic heterocycles. The molecule has 34 heavy (non-hydrogen) atoms. The monoisotopic (exact) mass is 545 g/mol. The van der Waals surface area contributed by atoms with Crippen LogP contribution in [0.4, 0.5) is 4.79 Å². The largest absolute Gasteiger partial charge is 0.489 e. The molecule has 0 unspecified atom stereocenters. The minimum atomic E-state index is -4.03. The van der Waals surface area contributed by atoms with Crippen molar-refractivity contribution in [2.75, 3.05) is 26.2 Å². The van der Waals surface area contributed by atoms with Gasteiger partial charge in [0.2, 0.25) is 0 Å². The molecule has 2 aromatic rings. The van der Waals surface area contributed by atoms with Gasteiger partial charge < -0.3 is 9.64 Å². The van der Waals surface area contributed by atoms with Gasteiger partial charge in [0.1, 0.15) is 16.7 Å². The summed E-state index contributed by atoms with van der Waals surface area (Å²) in [6, 6.07) is 11.0. The second-order valence-electron chi connectivity index (χ2n) is 8.49. The summed E-state index contributed by atoms with van der Waals surface area (Å²) in [6.07, 6.45) is 3.43. The molecule has 11 heteroatoms. The molecule has 0 radical (unpaired) electrons. The summed E-state index contributed by atoms with van der Waals surface area (Å²) in [7, 11) is -4.03. The lowest BCUT2D eigenvalue weighted by Crippen LogP contribution is -2.52. The van der Waals surface area contributed by atoms with Crippen LogP contribution < -0.4 is 9.46 Å². The van der Waals surface area contributed by atoms with Crippen molar-refractivity contribution in [3.63, 3.8) is 0 Å². The minimum Gasteiger partial charge on any atom is -0.489 e. The van der Waals surface area contributed by atoms with E-state index in [0.29, 0.717) is 34.9 Å². The highest BCUT2D eigenvalue weighted by atomic mass is 35.5. The van der Waals surface area contributed by atoms with Gasteiger partial charge in [0, 0.05) is 37.2 Å². The number of likely N-dealkylation sites (tertiary alicyclic amines) is 2. The minimum absolute atomic E-state index is 0.0761. The van der Waals surface area contributed by atoms with E-state index in [2.05, 4.69) is 9.62 Å². The second kappa shape index (κ2) is 10.9. The first-order chi connectivity index (χ1) is 16.2. The van der Waals surface area contributed by atoms with Gasteiger partial charge >= 0.3 is 6.03 Å². The van der Waals surface area contributed by atoms with Gasteiger partial charge in [0.15, 0.2) is 0 Å². The lowest BCUT2D eigenvalue weighted by molar-refractivity contribution is 0.0540. The predicted octanol–water partition coefficient (Wildman–Crippen LogP) is 5.05. The Bertz CT molecular complexity index is 1130. The topological polar surface area (TPSA) is 79.0 Å². The van der Waals surface area contributed by atoms with E-state index in [1.165, 1.54) is 12.1 Å².